The number of hydrogen-bond donors (Lipinski definition) is 4. The van der Waals surface area contributed by atoms with Crippen LogP contribution < -0.4 is 0 Å². The molecule has 2 rings (SSSR count). The van der Waals surface area contributed by atoms with E-state index in [1.54, 1.807) is 0 Å². The van der Waals surface area contributed by atoms with Gasteiger partial charge in [-0.2, -0.15) is 0 Å². The molecule has 10 heteroatoms. The number of carbonyl (C=O) groups excluding carboxylic acids is 2. The number of benzene rings is 2. The van der Waals surface area contributed by atoms with Crippen molar-refractivity contribution in [2.75, 3.05) is 14.2 Å². The van der Waals surface area contributed by atoms with Crippen LogP contribution in [-0.2, 0) is 31.9 Å². The van der Waals surface area contributed by atoms with Gasteiger partial charge in [-0.1, -0.05) is 22.4 Å². The minimum Gasteiger partial charge on any atom is -0.507 e. The van der Waals surface area contributed by atoms with Crippen LogP contribution in [0.15, 0.2) is 46.7 Å². The van der Waals surface area contributed by atoms with Crippen LogP contribution in [-0.4, -0.2) is 58.2 Å². The van der Waals surface area contributed by atoms with E-state index in [1.165, 1.54) is 36.4 Å². The maximum Gasteiger partial charge on any atom is 0.356 e. The van der Waals surface area contributed by atoms with E-state index in [9.17, 15) is 19.8 Å². The fourth-order valence-corrected chi connectivity index (χ4v) is 2.74. The summed E-state index contributed by atoms with van der Waals surface area (Å²) in [4.78, 5) is 23.2. The van der Waals surface area contributed by atoms with Gasteiger partial charge in [0.15, 0.2) is 11.4 Å². The van der Waals surface area contributed by atoms with Crippen molar-refractivity contribution in [3.8, 4) is 22.6 Å². The largest absolute Gasteiger partial charge is 0.507 e. The minimum absolute atomic E-state index is 0.0828. The van der Waals surface area contributed by atoms with Gasteiger partial charge in [-0.05, 0) is 35.4 Å². The summed E-state index contributed by atoms with van der Waals surface area (Å²) in [6.07, 6.45) is -0.166. The fraction of sp³-hybridized carbons (Fsp3) is 0.200. The number of oxime groups is 2. The van der Waals surface area contributed by atoms with Crippen LogP contribution in [0.5, 0.6) is 11.5 Å². The maximum absolute atomic E-state index is 11.6. The Hall–Kier alpha value is -4.08. The van der Waals surface area contributed by atoms with Crippen molar-refractivity contribution < 1.29 is 39.7 Å². The summed E-state index contributed by atoms with van der Waals surface area (Å²) in [5.41, 5.74) is 0.975. The SMILES string of the molecule is COC(=O)/C(Cc1ccc(O)c(-c2cc(C/C(=N\O)C(=O)OC)ccc2O)c1)=N/O. The Bertz CT molecular complexity index is 932. The number of nitrogens with zero attached hydrogens (tertiary/aromatic N) is 2. The van der Waals surface area contributed by atoms with E-state index in [-0.39, 0.29) is 46.9 Å². The molecule has 0 unspecified atom stereocenters. The number of phenolic OH excluding ortho intramolecular Hbond substituents is 2. The summed E-state index contributed by atoms with van der Waals surface area (Å²) in [5, 5.41) is 44.4. The zero-order valence-electron chi connectivity index (χ0n) is 16.2. The molecule has 0 aromatic heterocycles. The topological polar surface area (TPSA) is 158 Å². The van der Waals surface area contributed by atoms with E-state index in [4.69, 9.17) is 10.4 Å². The lowest BCUT2D eigenvalue weighted by Gasteiger charge is -2.12. The van der Waals surface area contributed by atoms with Gasteiger partial charge in [0.25, 0.3) is 0 Å². The molecule has 0 aliphatic carbocycles. The van der Waals surface area contributed by atoms with Crippen LogP contribution in [0.3, 0.4) is 0 Å². The van der Waals surface area contributed by atoms with Gasteiger partial charge in [-0.3, -0.25) is 0 Å². The molecule has 0 atom stereocenters. The van der Waals surface area contributed by atoms with Crippen molar-refractivity contribution in [1.29, 1.82) is 0 Å². The average Bonchev–Trinajstić information content (AvgIpc) is 2.76. The van der Waals surface area contributed by atoms with E-state index < -0.39 is 11.9 Å². The molecule has 0 saturated carbocycles. The lowest BCUT2D eigenvalue weighted by atomic mass is 9.96. The van der Waals surface area contributed by atoms with Crippen molar-refractivity contribution in [3.05, 3.63) is 47.5 Å². The maximum atomic E-state index is 11.6. The highest BCUT2D eigenvalue weighted by molar-refractivity contribution is 6.37. The quantitative estimate of drug-likeness (QED) is 0.230. The number of rotatable bonds is 7. The predicted molar refractivity (Wildman–Crippen MR) is 105 cm³/mol. The van der Waals surface area contributed by atoms with Crippen LogP contribution in [0.2, 0.25) is 0 Å². The highest BCUT2D eigenvalue weighted by Crippen LogP contribution is 2.37. The number of esters is 2. The molecule has 158 valence electrons. The third kappa shape index (κ3) is 5.04. The van der Waals surface area contributed by atoms with Gasteiger partial charge in [-0.15, -0.1) is 0 Å². The Kier molecular flexibility index (Phi) is 7.34. The first-order valence-electron chi connectivity index (χ1n) is 8.57. The standard InChI is InChI=1S/C20H20N2O8/c1-29-19(25)15(21-27)9-11-3-5-17(23)13(7-11)14-8-12(4-6-18(14)24)10-16(22-28)20(26)30-2/h3-8,23-24,27-28H,9-10H2,1-2H3/b21-15+,22-16+. The van der Waals surface area contributed by atoms with Crippen molar-refractivity contribution in [2.24, 2.45) is 10.3 Å². The first-order valence-corrected chi connectivity index (χ1v) is 8.57. The molecule has 0 saturated heterocycles. The summed E-state index contributed by atoms with van der Waals surface area (Å²) in [5.74, 6) is -1.93. The van der Waals surface area contributed by atoms with E-state index >= 15 is 0 Å². The Morgan fingerprint density at radius 3 is 1.43 bits per heavy atom. The molecule has 2 aromatic rings. The van der Waals surface area contributed by atoms with Gasteiger partial charge < -0.3 is 30.1 Å². The first kappa shape index (κ1) is 22.2. The van der Waals surface area contributed by atoms with E-state index in [0.29, 0.717) is 11.1 Å². The Balaban J connectivity index is 2.43. The van der Waals surface area contributed by atoms with Gasteiger partial charge >= 0.3 is 11.9 Å². The van der Waals surface area contributed by atoms with Crippen molar-refractivity contribution in [1.82, 2.24) is 0 Å². The van der Waals surface area contributed by atoms with Gasteiger partial charge in [0.1, 0.15) is 11.5 Å². The third-order valence-corrected chi connectivity index (χ3v) is 4.24. The fourth-order valence-electron chi connectivity index (χ4n) is 2.74. The molecule has 0 bridgehead atoms. The smallest absolute Gasteiger partial charge is 0.356 e. The van der Waals surface area contributed by atoms with Crippen LogP contribution in [0, 0.1) is 0 Å². The zero-order chi connectivity index (χ0) is 22.3. The molecule has 0 fully saturated rings. The molecule has 0 heterocycles. The van der Waals surface area contributed by atoms with Crippen LogP contribution in [0.25, 0.3) is 11.1 Å². The van der Waals surface area contributed by atoms with Gasteiger partial charge in [0.2, 0.25) is 0 Å². The second kappa shape index (κ2) is 9.92. The lowest BCUT2D eigenvalue weighted by molar-refractivity contribution is -0.133. The summed E-state index contributed by atoms with van der Waals surface area (Å²) >= 11 is 0. The summed E-state index contributed by atoms with van der Waals surface area (Å²) in [7, 11) is 2.30. The average molecular weight is 416 g/mol. The van der Waals surface area contributed by atoms with Gasteiger partial charge in [0.05, 0.1) is 14.2 Å². The highest BCUT2D eigenvalue weighted by atomic mass is 16.5. The van der Waals surface area contributed by atoms with Crippen molar-refractivity contribution in [3.63, 3.8) is 0 Å². The number of hydrogen-bond acceptors (Lipinski definition) is 10. The second-order valence-corrected chi connectivity index (χ2v) is 6.13. The minimum atomic E-state index is -0.810. The monoisotopic (exact) mass is 416 g/mol. The molecule has 0 spiro atoms. The highest BCUT2D eigenvalue weighted by Gasteiger charge is 2.18. The Morgan fingerprint density at radius 1 is 0.767 bits per heavy atom. The Morgan fingerprint density at radius 2 is 1.13 bits per heavy atom. The van der Waals surface area contributed by atoms with Crippen LogP contribution >= 0.6 is 0 Å². The van der Waals surface area contributed by atoms with E-state index in [1.807, 2.05) is 0 Å². The summed E-state index contributed by atoms with van der Waals surface area (Å²) in [6, 6.07) is 8.76. The molecule has 0 aliphatic heterocycles. The second-order valence-electron chi connectivity index (χ2n) is 6.13. The number of methoxy groups -OCH3 is 2. The number of ether oxygens (including phenoxy) is 2. The summed E-state index contributed by atoms with van der Waals surface area (Å²) < 4.78 is 9.07. The lowest BCUT2D eigenvalue weighted by Crippen LogP contribution is -2.18. The van der Waals surface area contributed by atoms with E-state index in [0.717, 1.165) is 14.2 Å². The normalized spacial score (nSPS) is 11.8. The predicted octanol–water partition coefficient (Wildman–Crippen LogP) is 1.86. The molecule has 10 nitrogen and oxygen atoms in total. The molecule has 4 N–H and O–H groups in total. The molecular weight excluding hydrogens is 396 g/mol. The van der Waals surface area contributed by atoms with Crippen LogP contribution in [0.4, 0.5) is 0 Å². The molecular formula is C20H20N2O8. The first-order chi connectivity index (χ1) is 14.3. The molecule has 0 radical (unpaired) electrons. The number of phenols is 2. The number of carbonyl (C=O) groups is 2. The van der Waals surface area contributed by atoms with Gasteiger partial charge in [0, 0.05) is 24.0 Å². The Labute approximate surface area is 171 Å². The summed E-state index contributed by atoms with van der Waals surface area (Å²) in [6.45, 7) is 0. The molecule has 30 heavy (non-hydrogen) atoms. The zero-order valence-corrected chi connectivity index (χ0v) is 16.2. The van der Waals surface area contributed by atoms with Gasteiger partial charge in [-0.25, -0.2) is 9.59 Å². The van der Waals surface area contributed by atoms with Crippen molar-refractivity contribution in [2.45, 2.75) is 12.8 Å². The number of aromatic hydroxyl groups is 2. The third-order valence-electron chi connectivity index (χ3n) is 4.24. The van der Waals surface area contributed by atoms with Crippen molar-refractivity contribution >= 4 is 23.4 Å². The molecule has 2 aromatic carbocycles. The molecule has 0 aliphatic rings. The molecule has 0 amide bonds. The van der Waals surface area contributed by atoms with E-state index in [2.05, 4.69) is 19.8 Å². The van der Waals surface area contributed by atoms with Crippen LogP contribution in [0.1, 0.15) is 11.1 Å².